The molecule has 15 heteroatoms. The van der Waals surface area contributed by atoms with Crippen molar-refractivity contribution in [2.75, 3.05) is 26.2 Å². The summed E-state index contributed by atoms with van der Waals surface area (Å²) in [6.07, 6.45) is -1.79. The van der Waals surface area contributed by atoms with Crippen molar-refractivity contribution >= 4 is 17.8 Å². The lowest BCUT2D eigenvalue weighted by Crippen LogP contribution is -2.44. The molecular formula is C21H25F6N3O6. The van der Waals surface area contributed by atoms with E-state index < -0.39 is 24.3 Å². The highest BCUT2D eigenvalue weighted by Crippen LogP contribution is 2.44. The maximum Gasteiger partial charge on any atom is 0.490 e. The largest absolute Gasteiger partial charge is 0.492 e. The summed E-state index contributed by atoms with van der Waals surface area (Å²) in [5, 5.41) is 17.3. The zero-order valence-electron chi connectivity index (χ0n) is 18.8. The number of pyridine rings is 1. The van der Waals surface area contributed by atoms with Crippen LogP contribution in [0.25, 0.3) is 0 Å². The van der Waals surface area contributed by atoms with E-state index in [9.17, 15) is 31.1 Å². The number of ether oxygens (including phenoxy) is 1. The summed E-state index contributed by atoms with van der Waals surface area (Å²) in [6, 6.07) is 4.50. The standard InChI is InChI=1S/C17H23N3O2.2C2HF3O2/c21-16-17(6-8-20(12-17)14-3-1-4-14)13(9-19-16)11-22-15-5-2-7-18-10-15;2*3-2(4,5)1(6)7/h2,5,7,10,13-14H,1,3-4,6,8-9,11-12H2,(H,19,21);2*(H,6,7)/t13-,17-;;/m1../s1. The molecule has 1 amide bonds. The Morgan fingerprint density at radius 2 is 1.72 bits per heavy atom. The summed E-state index contributed by atoms with van der Waals surface area (Å²) in [5.74, 6) is -4.25. The quantitative estimate of drug-likeness (QED) is 0.508. The van der Waals surface area contributed by atoms with Gasteiger partial charge in [0.15, 0.2) is 0 Å². The molecule has 3 N–H and O–H groups in total. The van der Waals surface area contributed by atoms with Crippen molar-refractivity contribution in [3.8, 4) is 5.75 Å². The molecule has 2 aliphatic heterocycles. The van der Waals surface area contributed by atoms with Crippen LogP contribution in [0.5, 0.6) is 5.75 Å². The Morgan fingerprint density at radius 1 is 1.14 bits per heavy atom. The number of hydrogen-bond acceptors (Lipinski definition) is 6. The summed E-state index contributed by atoms with van der Waals surface area (Å²) in [5.41, 5.74) is -0.238. The molecule has 36 heavy (non-hydrogen) atoms. The van der Waals surface area contributed by atoms with Crippen LogP contribution in [-0.4, -0.2) is 82.6 Å². The second kappa shape index (κ2) is 11.8. The molecule has 9 nitrogen and oxygen atoms in total. The molecule has 1 aromatic rings. The summed E-state index contributed by atoms with van der Waals surface area (Å²) in [7, 11) is 0. The van der Waals surface area contributed by atoms with Crippen LogP contribution in [-0.2, 0) is 14.4 Å². The van der Waals surface area contributed by atoms with Crippen LogP contribution in [0.15, 0.2) is 24.5 Å². The van der Waals surface area contributed by atoms with E-state index in [1.807, 2.05) is 12.1 Å². The van der Waals surface area contributed by atoms with Gasteiger partial charge in [0.1, 0.15) is 5.75 Å². The Labute approximate surface area is 201 Å². The Bertz CT molecular complexity index is 886. The zero-order valence-corrected chi connectivity index (χ0v) is 18.8. The third-order valence-electron chi connectivity index (χ3n) is 6.23. The van der Waals surface area contributed by atoms with Gasteiger partial charge in [-0.2, -0.15) is 26.3 Å². The van der Waals surface area contributed by atoms with Crippen LogP contribution in [0.1, 0.15) is 25.7 Å². The fourth-order valence-corrected chi connectivity index (χ4v) is 4.07. The summed E-state index contributed by atoms with van der Waals surface area (Å²) >= 11 is 0. The van der Waals surface area contributed by atoms with E-state index in [4.69, 9.17) is 24.5 Å². The van der Waals surface area contributed by atoms with Crippen LogP contribution >= 0.6 is 0 Å². The molecule has 1 aromatic heterocycles. The number of aromatic nitrogens is 1. The number of carbonyl (C=O) groups is 3. The molecule has 202 valence electrons. The third kappa shape index (κ3) is 7.70. The van der Waals surface area contributed by atoms with Crippen LogP contribution in [0.3, 0.4) is 0 Å². The molecule has 1 spiro atoms. The number of likely N-dealkylation sites (tertiary alicyclic amines) is 1. The lowest BCUT2D eigenvalue weighted by atomic mass is 9.77. The minimum Gasteiger partial charge on any atom is -0.492 e. The lowest BCUT2D eigenvalue weighted by molar-refractivity contribution is -0.193. The highest BCUT2D eigenvalue weighted by atomic mass is 19.4. The molecule has 0 radical (unpaired) electrons. The van der Waals surface area contributed by atoms with Gasteiger partial charge in [0.05, 0.1) is 18.2 Å². The highest BCUT2D eigenvalue weighted by Gasteiger charge is 2.55. The van der Waals surface area contributed by atoms with Gasteiger partial charge >= 0.3 is 24.3 Å². The SMILES string of the molecule is O=C(O)C(F)(F)F.O=C(O)C(F)(F)F.O=C1NC[C@H](COc2cccnc2)[C@]12CCN(C1CCC1)C2. The predicted octanol–water partition coefficient (Wildman–Crippen LogP) is 2.72. The first-order valence-corrected chi connectivity index (χ1v) is 10.8. The normalized spacial score (nSPS) is 24.1. The van der Waals surface area contributed by atoms with Crippen molar-refractivity contribution in [1.82, 2.24) is 15.2 Å². The monoisotopic (exact) mass is 529 g/mol. The van der Waals surface area contributed by atoms with Crippen LogP contribution in [0.4, 0.5) is 26.3 Å². The van der Waals surface area contributed by atoms with E-state index in [-0.39, 0.29) is 17.2 Å². The zero-order chi connectivity index (χ0) is 27.1. The molecule has 0 unspecified atom stereocenters. The number of aliphatic carboxylic acids is 2. The number of hydrogen-bond donors (Lipinski definition) is 3. The smallest absolute Gasteiger partial charge is 0.490 e. The Morgan fingerprint density at radius 3 is 2.17 bits per heavy atom. The van der Waals surface area contributed by atoms with Gasteiger partial charge in [-0.25, -0.2) is 9.59 Å². The van der Waals surface area contributed by atoms with E-state index in [0.717, 1.165) is 31.8 Å². The number of carboxylic acid groups (broad SMARTS) is 2. The molecule has 1 saturated carbocycles. The first kappa shape index (κ1) is 29.1. The average Bonchev–Trinajstić information content (AvgIpc) is 3.30. The maximum atomic E-state index is 12.5. The molecule has 1 aliphatic carbocycles. The molecule has 0 aromatic carbocycles. The molecule has 2 atom stereocenters. The van der Waals surface area contributed by atoms with Gasteiger partial charge in [-0.15, -0.1) is 0 Å². The van der Waals surface area contributed by atoms with Crippen molar-refractivity contribution in [2.24, 2.45) is 11.3 Å². The van der Waals surface area contributed by atoms with Crippen molar-refractivity contribution in [3.63, 3.8) is 0 Å². The van der Waals surface area contributed by atoms with E-state index >= 15 is 0 Å². The molecule has 3 fully saturated rings. The van der Waals surface area contributed by atoms with Crippen LogP contribution < -0.4 is 10.1 Å². The minimum atomic E-state index is -5.08. The van der Waals surface area contributed by atoms with Gasteiger partial charge < -0.3 is 20.3 Å². The van der Waals surface area contributed by atoms with Crippen molar-refractivity contribution < 1.29 is 55.7 Å². The number of carbonyl (C=O) groups excluding carboxylic acids is 1. The second-order valence-electron chi connectivity index (χ2n) is 8.47. The number of amides is 1. The Hall–Kier alpha value is -3.10. The fourth-order valence-electron chi connectivity index (χ4n) is 4.07. The minimum absolute atomic E-state index is 0.231. The first-order valence-electron chi connectivity index (χ1n) is 10.8. The van der Waals surface area contributed by atoms with E-state index in [0.29, 0.717) is 12.6 Å². The number of halogens is 6. The van der Waals surface area contributed by atoms with Gasteiger partial charge in [0.2, 0.25) is 5.91 Å². The topological polar surface area (TPSA) is 129 Å². The fraction of sp³-hybridized carbons (Fsp3) is 0.619. The molecule has 0 bridgehead atoms. The van der Waals surface area contributed by atoms with Crippen molar-refractivity contribution in [3.05, 3.63) is 24.5 Å². The molecule has 2 saturated heterocycles. The van der Waals surface area contributed by atoms with E-state index in [2.05, 4.69) is 15.2 Å². The van der Waals surface area contributed by atoms with Gasteiger partial charge in [0, 0.05) is 31.2 Å². The third-order valence-corrected chi connectivity index (χ3v) is 6.23. The molecular weight excluding hydrogens is 504 g/mol. The van der Waals surface area contributed by atoms with Gasteiger partial charge in [0.25, 0.3) is 0 Å². The predicted molar refractivity (Wildman–Crippen MR) is 110 cm³/mol. The Balaban J connectivity index is 0.000000271. The maximum absolute atomic E-state index is 12.5. The van der Waals surface area contributed by atoms with E-state index in [1.54, 1.807) is 12.4 Å². The first-order chi connectivity index (χ1) is 16.7. The Kier molecular flexibility index (Phi) is 9.51. The summed E-state index contributed by atoms with van der Waals surface area (Å²) < 4.78 is 69.4. The number of nitrogens with zero attached hydrogens (tertiary/aromatic N) is 2. The number of nitrogens with one attached hydrogen (secondary N) is 1. The van der Waals surface area contributed by atoms with Crippen LogP contribution in [0, 0.1) is 11.3 Å². The number of alkyl halides is 6. The van der Waals surface area contributed by atoms with Crippen LogP contribution in [0.2, 0.25) is 0 Å². The van der Waals surface area contributed by atoms with Crippen molar-refractivity contribution in [2.45, 2.75) is 44.1 Å². The highest BCUT2D eigenvalue weighted by molar-refractivity contribution is 5.86. The summed E-state index contributed by atoms with van der Waals surface area (Å²) in [4.78, 5) is 36.9. The number of carboxylic acids is 2. The molecule has 3 aliphatic rings. The van der Waals surface area contributed by atoms with Crippen molar-refractivity contribution in [1.29, 1.82) is 0 Å². The molecule has 3 heterocycles. The van der Waals surface area contributed by atoms with E-state index in [1.165, 1.54) is 19.3 Å². The second-order valence-corrected chi connectivity index (χ2v) is 8.47. The number of rotatable bonds is 4. The lowest BCUT2D eigenvalue weighted by Gasteiger charge is -2.36. The summed E-state index contributed by atoms with van der Waals surface area (Å²) in [6.45, 7) is 3.28. The van der Waals surface area contributed by atoms with Gasteiger partial charge in [-0.3, -0.25) is 14.7 Å². The van der Waals surface area contributed by atoms with Gasteiger partial charge in [-0.05, 0) is 37.9 Å². The average molecular weight is 529 g/mol. The van der Waals surface area contributed by atoms with Gasteiger partial charge in [-0.1, -0.05) is 6.42 Å². The molecule has 4 rings (SSSR count).